The zero-order chi connectivity index (χ0) is 14.7. The number of hydrogen-bond donors (Lipinski definition) is 2. The van der Waals surface area contributed by atoms with Crippen LogP contribution in [0.3, 0.4) is 0 Å². The zero-order valence-electron chi connectivity index (χ0n) is 11.6. The van der Waals surface area contributed by atoms with Crippen molar-refractivity contribution in [3.05, 3.63) is 53.9 Å². The van der Waals surface area contributed by atoms with E-state index in [-0.39, 0.29) is 11.9 Å². The lowest BCUT2D eigenvalue weighted by Crippen LogP contribution is -2.28. The van der Waals surface area contributed by atoms with E-state index < -0.39 is 0 Å². The summed E-state index contributed by atoms with van der Waals surface area (Å²) in [6.45, 7) is 2.03. The lowest BCUT2D eigenvalue weighted by atomic mass is 10.1. The maximum atomic E-state index is 12.4. The molecule has 2 N–H and O–H groups in total. The SMILES string of the molecule is CC[C@@H](NC(=O)c1ccc2n[nH]nc2c1)c1cccnc1. The van der Waals surface area contributed by atoms with Gasteiger partial charge in [0, 0.05) is 18.0 Å². The predicted molar refractivity (Wildman–Crippen MR) is 78.6 cm³/mol. The van der Waals surface area contributed by atoms with E-state index >= 15 is 0 Å². The summed E-state index contributed by atoms with van der Waals surface area (Å²) in [5.41, 5.74) is 2.98. The van der Waals surface area contributed by atoms with E-state index in [4.69, 9.17) is 0 Å². The fourth-order valence-electron chi connectivity index (χ4n) is 2.23. The van der Waals surface area contributed by atoms with Gasteiger partial charge in [0.15, 0.2) is 0 Å². The summed E-state index contributed by atoms with van der Waals surface area (Å²) in [5.74, 6) is -0.129. The number of aromatic nitrogens is 4. The zero-order valence-corrected chi connectivity index (χ0v) is 11.6. The Hall–Kier alpha value is -2.76. The maximum absolute atomic E-state index is 12.4. The van der Waals surface area contributed by atoms with Crippen LogP contribution in [0.2, 0.25) is 0 Å². The van der Waals surface area contributed by atoms with Crippen molar-refractivity contribution in [3.63, 3.8) is 0 Å². The van der Waals surface area contributed by atoms with Crippen LogP contribution in [0, 0.1) is 0 Å². The fourth-order valence-corrected chi connectivity index (χ4v) is 2.23. The van der Waals surface area contributed by atoms with Crippen molar-refractivity contribution >= 4 is 16.9 Å². The minimum atomic E-state index is -0.129. The molecule has 1 aromatic carbocycles. The molecular weight excluding hydrogens is 266 g/mol. The second-order valence-corrected chi connectivity index (χ2v) is 4.75. The first-order valence-electron chi connectivity index (χ1n) is 6.79. The van der Waals surface area contributed by atoms with Crippen LogP contribution in [0.5, 0.6) is 0 Å². The molecule has 3 aromatic rings. The van der Waals surface area contributed by atoms with Gasteiger partial charge in [0.05, 0.1) is 6.04 Å². The number of H-pyrrole nitrogens is 1. The maximum Gasteiger partial charge on any atom is 0.251 e. The van der Waals surface area contributed by atoms with Crippen molar-refractivity contribution in [1.29, 1.82) is 0 Å². The van der Waals surface area contributed by atoms with Crippen LogP contribution < -0.4 is 5.32 Å². The number of aromatic amines is 1. The van der Waals surface area contributed by atoms with Crippen molar-refractivity contribution < 1.29 is 4.79 Å². The Morgan fingerprint density at radius 3 is 2.90 bits per heavy atom. The van der Waals surface area contributed by atoms with Gasteiger partial charge in [0.1, 0.15) is 11.0 Å². The van der Waals surface area contributed by atoms with Gasteiger partial charge in [-0.2, -0.15) is 15.4 Å². The van der Waals surface area contributed by atoms with Gasteiger partial charge in [0.25, 0.3) is 5.91 Å². The molecule has 0 bridgehead atoms. The summed E-state index contributed by atoms with van der Waals surface area (Å²) in [6, 6.07) is 9.02. The lowest BCUT2D eigenvalue weighted by Gasteiger charge is -2.17. The number of carbonyl (C=O) groups is 1. The highest BCUT2D eigenvalue weighted by molar-refractivity contribution is 5.97. The molecule has 1 atom stereocenters. The molecule has 0 aliphatic heterocycles. The number of carbonyl (C=O) groups excluding carboxylic acids is 1. The highest BCUT2D eigenvalue weighted by atomic mass is 16.1. The first-order chi connectivity index (χ1) is 10.3. The van der Waals surface area contributed by atoms with Crippen LogP contribution in [0.1, 0.15) is 35.3 Å². The summed E-state index contributed by atoms with van der Waals surface area (Å²) in [5, 5.41) is 13.5. The molecule has 2 heterocycles. The number of rotatable bonds is 4. The summed E-state index contributed by atoms with van der Waals surface area (Å²) >= 11 is 0. The minimum Gasteiger partial charge on any atom is -0.345 e. The molecule has 1 amide bonds. The Morgan fingerprint density at radius 1 is 1.29 bits per heavy atom. The molecule has 6 heteroatoms. The first kappa shape index (κ1) is 13.2. The molecule has 6 nitrogen and oxygen atoms in total. The van der Waals surface area contributed by atoms with Crippen molar-refractivity contribution in [1.82, 2.24) is 25.7 Å². The minimum absolute atomic E-state index is 0.0563. The van der Waals surface area contributed by atoms with E-state index in [9.17, 15) is 4.79 Å². The van der Waals surface area contributed by atoms with Crippen LogP contribution in [0.4, 0.5) is 0 Å². The molecule has 106 valence electrons. The number of amides is 1. The number of hydrogen-bond acceptors (Lipinski definition) is 4. The molecule has 3 rings (SSSR count). The van der Waals surface area contributed by atoms with E-state index in [1.165, 1.54) is 0 Å². The molecule has 2 aromatic heterocycles. The Labute approximate surface area is 121 Å². The molecule has 0 aliphatic rings. The molecule has 0 saturated heterocycles. The largest absolute Gasteiger partial charge is 0.345 e. The third-order valence-corrected chi connectivity index (χ3v) is 3.38. The van der Waals surface area contributed by atoms with Crippen LogP contribution in [0.25, 0.3) is 11.0 Å². The normalized spacial score (nSPS) is 12.2. The molecule has 0 saturated carbocycles. The molecule has 21 heavy (non-hydrogen) atoms. The van der Waals surface area contributed by atoms with Crippen molar-refractivity contribution in [2.45, 2.75) is 19.4 Å². The number of pyridine rings is 1. The van der Waals surface area contributed by atoms with E-state index in [1.54, 1.807) is 30.6 Å². The Balaban J connectivity index is 1.81. The number of fused-ring (bicyclic) bond motifs is 1. The highest BCUT2D eigenvalue weighted by Gasteiger charge is 2.15. The molecule has 0 fully saturated rings. The molecular formula is C15H15N5O. The van der Waals surface area contributed by atoms with Gasteiger partial charge in [0.2, 0.25) is 0 Å². The molecule has 0 radical (unpaired) electrons. The third-order valence-electron chi connectivity index (χ3n) is 3.38. The van der Waals surface area contributed by atoms with Crippen LogP contribution in [0.15, 0.2) is 42.7 Å². The first-order valence-corrected chi connectivity index (χ1v) is 6.79. The average Bonchev–Trinajstić information content (AvgIpc) is 3.00. The fraction of sp³-hybridized carbons (Fsp3) is 0.200. The molecule has 0 aliphatic carbocycles. The second kappa shape index (κ2) is 5.70. The van der Waals surface area contributed by atoms with Gasteiger partial charge in [-0.25, -0.2) is 0 Å². The smallest absolute Gasteiger partial charge is 0.251 e. The van der Waals surface area contributed by atoms with Crippen LogP contribution >= 0.6 is 0 Å². The van der Waals surface area contributed by atoms with Crippen molar-refractivity contribution in [3.8, 4) is 0 Å². The van der Waals surface area contributed by atoms with Gasteiger partial charge >= 0.3 is 0 Å². The average molecular weight is 281 g/mol. The van der Waals surface area contributed by atoms with Gasteiger partial charge in [-0.3, -0.25) is 9.78 Å². The quantitative estimate of drug-likeness (QED) is 0.768. The van der Waals surface area contributed by atoms with Gasteiger partial charge in [-0.05, 0) is 36.2 Å². The standard InChI is InChI=1S/C15H15N5O/c1-2-12(11-4-3-7-16-9-11)17-15(21)10-5-6-13-14(8-10)19-20-18-13/h3-9,12H,2H2,1H3,(H,17,21)(H,18,19,20)/t12-/m1/s1. The van der Waals surface area contributed by atoms with Gasteiger partial charge in [-0.1, -0.05) is 13.0 Å². The van der Waals surface area contributed by atoms with Crippen LogP contribution in [-0.4, -0.2) is 26.3 Å². The Morgan fingerprint density at radius 2 is 2.14 bits per heavy atom. The molecule has 0 unspecified atom stereocenters. The summed E-state index contributed by atoms with van der Waals surface area (Å²) < 4.78 is 0. The van der Waals surface area contributed by atoms with Gasteiger partial charge < -0.3 is 5.32 Å². The number of benzene rings is 1. The Bertz CT molecular complexity index is 753. The summed E-state index contributed by atoms with van der Waals surface area (Å²) in [6.07, 6.45) is 4.29. The highest BCUT2D eigenvalue weighted by Crippen LogP contribution is 2.17. The van der Waals surface area contributed by atoms with E-state index in [0.717, 1.165) is 17.5 Å². The number of nitrogens with one attached hydrogen (secondary N) is 2. The van der Waals surface area contributed by atoms with Crippen LogP contribution in [-0.2, 0) is 0 Å². The summed E-state index contributed by atoms with van der Waals surface area (Å²) in [4.78, 5) is 16.5. The number of nitrogens with zero attached hydrogens (tertiary/aromatic N) is 3. The Kier molecular flexibility index (Phi) is 3.59. The predicted octanol–water partition coefficient (Wildman–Crippen LogP) is 2.23. The van der Waals surface area contributed by atoms with E-state index in [0.29, 0.717) is 11.1 Å². The summed E-state index contributed by atoms with van der Waals surface area (Å²) in [7, 11) is 0. The van der Waals surface area contributed by atoms with Gasteiger partial charge in [-0.15, -0.1) is 0 Å². The lowest BCUT2D eigenvalue weighted by molar-refractivity contribution is 0.0935. The topological polar surface area (TPSA) is 83.6 Å². The van der Waals surface area contributed by atoms with E-state index in [2.05, 4.69) is 25.7 Å². The van der Waals surface area contributed by atoms with Crippen molar-refractivity contribution in [2.75, 3.05) is 0 Å². The molecule has 0 spiro atoms. The van der Waals surface area contributed by atoms with E-state index in [1.807, 2.05) is 19.1 Å². The van der Waals surface area contributed by atoms with Crippen molar-refractivity contribution in [2.24, 2.45) is 0 Å². The third kappa shape index (κ3) is 2.74. The monoisotopic (exact) mass is 281 g/mol. The second-order valence-electron chi connectivity index (χ2n) is 4.75.